The van der Waals surface area contributed by atoms with E-state index in [2.05, 4.69) is 4.74 Å². The minimum absolute atomic E-state index is 0.152. The van der Waals surface area contributed by atoms with Crippen LogP contribution < -0.4 is 4.74 Å². The van der Waals surface area contributed by atoms with Crippen molar-refractivity contribution < 1.29 is 18.7 Å². The van der Waals surface area contributed by atoms with E-state index >= 15 is 0 Å². The Morgan fingerprint density at radius 1 is 1.42 bits per heavy atom. The monoisotopic (exact) mass is 259 g/mol. The molecule has 0 atom stereocenters. The number of carbonyl (C=O) groups excluding carboxylic acids is 1. The van der Waals surface area contributed by atoms with Crippen molar-refractivity contribution in [2.75, 3.05) is 13.7 Å². The predicted molar refractivity (Wildman–Crippen MR) is 67.7 cm³/mol. The van der Waals surface area contributed by atoms with Gasteiger partial charge < -0.3 is 13.9 Å². The van der Waals surface area contributed by atoms with Crippen LogP contribution in [0.4, 0.5) is 0 Å². The number of rotatable bonds is 5. The number of nitrogens with zero attached hydrogens (tertiary/aromatic N) is 1. The molecule has 19 heavy (non-hydrogen) atoms. The van der Waals surface area contributed by atoms with Crippen LogP contribution in [0.15, 0.2) is 28.7 Å². The zero-order chi connectivity index (χ0) is 13.7. The standard InChI is InChI=1S/C14H13NO4/c1-17-13(16)7-4-8-18-14-10-5-2-3-6-11(10)19-12(14)9-15/h2-3,5-6H,4,7-8H2,1H3. The molecular weight excluding hydrogens is 246 g/mol. The molecule has 1 aromatic carbocycles. The largest absolute Gasteiger partial charge is 0.488 e. The summed E-state index contributed by atoms with van der Waals surface area (Å²) < 4.78 is 15.5. The van der Waals surface area contributed by atoms with Gasteiger partial charge in [0, 0.05) is 6.42 Å². The minimum atomic E-state index is -0.277. The molecular formula is C14H13NO4. The summed E-state index contributed by atoms with van der Waals surface area (Å²) in [4.78, 5) is 11.0. The fourth-order valence-electron chi connectivity index (χ4n) is 1.73. The molecule has 0 fully saturated rings. The van der Waals surface area contributed by atoms with Gasteiger partial charge in [0.15, 0.2) is 5.75 Å². The Morgan fingerprint density at radius 3 is 2.95 bits per heavy atom. The number of para-hydroxylation sites is 1. The molecule has 0 saturated carbocycles. The highest BCUT2D eigenvalue weighted by Crippen LogP contribution is 2.32. The highest BCUT2D eigenvalue weighted by molar-refractivity contribution is 5.86. The Kier molecular flexibility index (Phi) is 4.04. The van der Waals surface area contributed by atoms with E-state index in [9.17, 15) is 4.79 Å². The van der Waals surface area contributed by atoms with Gasteiger partial charge in [-0.2, -0.15) is 5.26 Å². The van der Waals surface area contributed by atoms with E-state index in [-0.39, 0.29) is 18.2 Å². The van der Waals surface area contributed by atoms with Gasteiger partial charge in [0.25, 0.3) is 0 Å². The molecule has 1 heterocycles. The maximum atomic E-state index is 11.0. The minimum Gasteiger partial charge on any atom is -0.488 e. The van der Waals surface area contributed by atoms with Gasteiger partial charge in [-0.1, -0.05) is 12.1 Å². The third kappa shape index (κ3) is 2.86. The first-order chi connectivity index (χ1) is 9.26. The maximum absolute atomic E-state index is 11.0. The summed E-state index contributed by atoms with van der Waals surface area (Å²) in [6, 6.07) is 9.24. The zero-order valence-corrected chi connectivity index (χ0v) is 10.5. The molecule has 1 aromatic heterocycles. The number of ether oxygens (including phenoxy) is 2. The first-order valence-corrected chi connectivity index (χ1v) is 5.87. The Labute approximate surface area is 110 Å². The van der Waals surface area contributed by atoms with Gasteiger partial charge in [0.1, 0.15) is 11.7 Å². The molecule has 0 unspecified atom stereocenters. The lowest BCUT2D eigenvalue weighted by Crippen LogP contribution is -2.04. The van der Waals surface area contributed by atoms with Crippen LogP contribution in [0.1, 0.15) is 18.6 Å². The number of hydrogen-bond acceptors (Lipinski definition) is 5. The number of fused-ring (bicyclic) bond motifs is 1. The van der Waals surface area contributed by atoms with Crippen LogP contribution in [0.2, 0.25) is 0 Å². The fourth-order valence-corrected chi connectivity index (χ4v) is 1.73. The van der Waals surface area contributed by atoms with Gasteiger partial charge >= 0.3 is 5.97 Å². The van der Waals surface area contributed by atoms with E-state index in [1.54, 1.807) is 6.07 Å². The molecule has 0 bridgehead atoms. The summed E-state index contributed by atoms with van der Waals surface area (Å²) in [5, 5.41) is 9.77. The van der Waals surface area contributed by atoms with Crippen LogP contribution in [0.25, 0.3) is 11.0 Å². The highest BCUT2D eigenvalue weighted by atomic mass is 16.5. The second-order valence-corrected chi connectivity index (χ2v) is 3.90. The molecule has 0 aliphatic rings. The lowest BCUT2D eigenvalue weighted by molar-refractivity contribution is -0.140. The lowest BCUT2D eigenvalue weighted by Gasteiger charge is -2.03. The van der Waals surface area contributed by atoms with Crippen molar-refractivity contribution in [1.82, 2.24) is 0 Å². The van der Waals surface area contributed by atoms with Crippen LogP contribution in [-0.4, -0.2) is 19.7 Å². The van der Waals surface area contributed by atoms with Crippen molar-refractivity contribution in [3.63, 3.8) is 0 Å². The Balaban J connectivity index is 2.07. The average molecular weight is 259 g/mol. The molecule has 0 amide bonds. The van der Waals surface area contributed by atoms with Crippen LogP contribution in [0, 0.1) is 11.3 Å². The molecule has 0 aliphatic heterocycles. The maximum Gasteiger partial charge on any atom is 0.305 e. The second-order valence-electron chi connectivity index (χ2n) is 3.90. The van der Waals surface area contributed by atoms with E-state index in [1.807, 2.05) is 24.3 Å². The van der Waals surface area contributed by atoms with Crippen molar-refractivity contribution >= 4 is 16.9 Å². The Morgan fingerprint density at radius 2 is 2.21 bits per heavy atom. The molecule has 0 N–H and O–H groups in total. The normalized spacial score (nSPS) is 10.1. The van der Waals surface area contributed by atoms with Gasteiger partial charge in [0.2, 0.25) is 5.76 Å². The smallest absolute Gasteiger partial charge is 0.305 e. The lowest BCUT2D eigenvalue weighted by atomic mass is 10.2. The molecule has 2 aromatic rings. The van der Waals surface area contributed by atoms with Gasteiger partial charge in [-0.3, -0.25) is 4.79 Å². The van der Waals surface area contributed by atoms with E-state index < -0.39 is 0 Å². The number of furan rings is 1. The van der Waals surface area contributed by atoms with Gasteiger partial charge in [-0.05, 0) is 18.6 Å². The molecule has 98 valence electrons. The summed E-state index contributed by atoms with van der Waals surface area (Å²) in [7, 11) is 1.35. The first kappa shape index (κ1) is 13.0. The van der Waals surface area contributed by atoms with Crippen LogP contribution in [0.3, 0.4) is 0 Å². The highest BCUT2D eigenvalue weighted by Gasteiger charge is 2.14. The second kappa shape index (κ2) is 5.91. The fraction of sp³-hybridized carbons (Fsp3) is 0.286. The number of benzene rings is 1. The molecule has 2 rings (SSSR count). The number of methoxy groups -OCH3 is 1. The van der Waals surface area contributed by atoms with E-state index in [1.165, 1.54) is 7.11 Å². The predicted octanol–water partition coefficient (Wildman–Crippen LogP) is 2.64. The summed E-state index contributed by atoms with van der Waals surface area (Å²) >= 11 is 0. The third-order valence-corrected chi connectivity index (χ3v) is 2.65. The van der Waals surface area contributed by atoms with Crippen molar-refractivity contribution in [2.24, 2.45) is 0 Å². The summed E-state index contributed by atoms with van der Waals surface area (Å²) in [6.45, 7) is 0.327. The molecule has 5 nitrogen and oxygen atoms in total. The molecule has 0 radical (unpaired) electrons. The molecule has 0 spiro atoms. The summed E-state index contributed by atoms with van der Waals surface area (Å²) in [5.74, 6) is 0.309. The summed E-state index contributed by atoms with van der Waals surface area (Å²) in [6.07, 6.45) is 0.811. The zero-order valence-electron chi connectivity index (χ0n) is 10.5. The van der Waals surface area contributed by atoms with Crippen molar-refractivity contribution in [2.45, 2.75) is 12.8 Å². The quantitative estimate of drug-likeness (QED) is 0.609. The SMILES string of the molecule is COC(=O)CCCOc1c(C#N)oc2ccccc12. The molecule has 5 heteroatoms. The number of nitriles is 1. The van der Waals surface area contributed by atoms with E-state index in [0.717, 1.165) is 5.39 Å². The van der Waals surface area contributed by atoms with E-state index in [0.29, 0.717) is 24.4 Å². The molecule has 0 saturated heterocycles. The van der Waals surface area contributed by atoms with Gasteiger partial charge in [-0.15, -0.1) is 0 Å². The van der Waals surface area contributed by atoms with Crippen molar-refractivity contribution in [1.29, 1.82) is 5.26 Å². The third-order valence-electron chi connectivity index (χ3n) is 2.65. The average Bonchev–Trinajstić information content (AvgIpc) is 2.81. The van der Waals surface area contributed by atoms with Crippen molar-refractivity contribution in [3.8, 4) is 11.8 Å². The Bertz CT molecular complexity index is 624. The molecule has 0 aliphatic carbocycles. The van der Waals surface area contributed by atoms with Crippen LogP contribution in [-0.2, 0) is 9.53 Å². The number of carbonyl (C=O) groups is 1. The number of hydrogen-bond donors (Lipinski definition) is 0. The van der Waals surface area contributed by atoms with E-state index in [4.69, 9.17) is 14.4 Å². The van der Waals surface area contributed by atoms with Gasteiger partial charge in [0.05, 0.1) is 19.1 Å². The number of esters is 1. The van der Waals surface area contributed by atoms with Crippen LogP contribution in [0.5, 0.6) is 5.75 Å². The Hall–Kier alpha value is -2.48. The van der Waals surface area contributed by atoms with Gasteiger partial charge in [-0.25, -0.2) is 0 Å². The first-order valence-electron chi connectivity index (χ1n) is 5.87. The summed E-state index contributed by atoms with van der Waals surface area (Å²) in [5.41, 5.74) is 0.613. The van der Waals surface area contributed by atoms with Crippen molar-refractivity contribution in [3.05, 3.63) is 30.0 Å². The van der Waals surface area contributed by atoms with Crippen LogP contribution >= 0.6 is 0 Å². The topological polar surface area (TPSA) is 72.5 Å².